The Labute approximate surface area is 142 Å². The molecule has 2 aromatic rings. The molecule has 0 aliphatic carbocycles. The summed E-state index contributed by atoms with van der Waals surface area (Å²) >= 11 is 15.3. The Balaban J connectivity index is 2.02. The van der Waals surface area contributed by atoms with Crippen LogP contribution in [0.25, 0.3) is 0 Å². The van der Waals surface area contributed by atoms with E-state index < -0.39 is 0 Å². The lowest BCUT2D eigenvalue weighted by atomic mass is 10.1. The van der Waals surface area contributed by atoms with Gasteiger partial charge in [-0.3, -0.25) is 4.79 Å². The summed E-state index contributed by atoms with van der Waals surface area (Å²) in [4.78, 5) is 14.0. The van der Waals surface area contributed by atoms with Crippen LogP contribution in [0, 0.1) is 0 Å². The maximum absolute atomic E-state index is 12.3. The van der Waals surface area contributed by atoms with Gasteiger partial charge in [-0.15, -0.1) is 0 Å². The van der Waals surface area contributed by atoms with Crippen molar-refractivity contribution in [2.45, 2.75) is 13.0 Å². The molecule has 0 bridgehead atoms. The summed E-state index contributed by atoms with van der Waals surface area (Å²) in [5, 5.41) is 0.963. The number of benzene rings is 2. The average Bonchev–Trinajstić information content (AvgIpc) is 2.45. The van der Waals surface area contributed by atoms with Crippen LogP contribution in [-0.2, 0) is 17.8 Å². The van der Waals surface area contributed by atoms with Crippen molar-refractivity contribution in [1.82, 2.24) is 4.90 Å². The lowest BCUT2D eigenvalue weighted by Gasteiger charge is -2.18. The van der Waals surface area contributed by atoms with Crippen LogP contribution in [0.4, 0.5) is 0 Å². The summed E-state index contributed by atoms with van der Waals surface area (Å²) in [5.74, 6) is 0.0316. The van der Waals surface area contributed by atoms with Crippen molar-refractivity contribution < 1.29 is 4.79 Å². The zero-order valence-electron chi connectivity index (χ0n) is 11.4. The van der Waals surface area contributed by atoms with Gasteiger partial charge in [0.15, 0.2) is 0 Å². The first kappa shape index (κ1) is 16.3. The average molecular weight is 387 g/mol. The van der Waals surface area contributed by atoms with Crippen LogP contribution in [-0.4, -0.2) is 17.9 Å². The highest BCUT2D eigenvalue weighted by Gasteiger charge is 2.12. The lowest BCUT2D eigenvalue weighted by molar-refractivity contribution is -0.129. The molecule has 2 rings (SSSR count). The van der Waals surface area contributed by atoms with E-state index in [-0.39, 0.29) is 5.91 Å². The fourth-order valence-corrected chi connectivity index (χ4v) is 2.66. The summed E-state index contributed by atoms with van der Waals surface area (Å²) in [6.07, 6.45) is 0.303. The molecule has 0 N–H and O–H groups in total. The number of hydrogen-bond donors (Lipinski definition) is 0. The summed E-state index contributed by atoms with van der Waals surface area (Å²) in [7, 11) is 1.79. The Morgan fingerprint density at radius 2 is 1.86 bits per heavy atom. The molecule has 0 aliphatic heterocycles. The van der Waals surface area contributed by atoms with E-state index in [0.29, 0.717) is 23.0 Å². The molecular weight excluding hydrogens is 373 g/mol. The number of carbonyl (C=O) groups is 1. The van der Waals surface area contributed by atoms with Crippen molar-refractivity contribution in [2.75, 3.05) is 7.05 Å². The summed E-state index contributed by atoms with van der Waals surface area (Å²) < 4.78 is 0.999. The predicted octanol–water partition coefficient (Wildman–Crippen LogP) is 4.96. The lowest BCUT2D eigenvalue weighted by Crippen LogP contribution is -2.27. The second-order valence-corrected chi connectivity index (χ2v) is 6.44. The summed E-state index contributed by atoms with van der Waals surface area (Å²) in [5.41, 5.74) is 1.93. The van der Waals surface area contributed by atoms with E-state index in [4.69, 9.17) is 23.2 Å². The third kappa shape index (κ3) is 4.47. The van der Waals surface area contributed by atoms with Gasteiger partial charge in [0.1, 0.15) is 0 Å². The van der Waals surface area contributed by atoms with Crippen molar-refractivity contribution in [1.29, 1.82) is 0 Å². The third-order valence-corrected chi connectivity index (χ3v) is 4.64. The van der Waals surface area contributed by atoms with Crippen LogP contribution in [0.2, 0.25) is 10.0 Å². The molecule has 0 radical (unpaired) electrons. The molecule has 0 aromatic heterocycles. The van der Waals surface area contributed by atoms with Crippen LogP contribution in [0.5, 0.6) is 0 Å². The number of rotatable bonds is 4. The van der Waals surface area contributed by atoms with Gasteiger partial charge in [0.25, 0.3) is 0 Å². The maximum Gasteiger partial charge on any atom is 0.227 e. The van der Waals surface area contributed by atoms with E-state index in [2.05, 4.69) is 15.9 Å². The van der Waals surface area contributed by atoms with Gasteiger partial charge in [-0.2, -0.15) is 0 Å². The monoisotopic (exact) mass is 385 g/mol. The molecule has 1 amide bonds. The van der Waals surface area contributed by atoms with Gasteiger partial charge in [0.05, 0.1) is 16.5 Å². The summed E-state index contributed by atoms with van der Waals surface area (Å²) in [6, 6.07) is 13.1. The zero-order valence-corrected chi connectivity index (χ0v) is 14.5. The SMILES string of the molecule is CN(Cc1ccccc1Br)C(=O)Cc1ccc(Cl)c(Cl)c1. The first-order chi connectivity index (χ1) is 9.97. The Hall–Kier alpha value is -1.03. The number of likely N-dealkylation sites (N-methyl/N-ethyl adjacent to an activating group) is 1. The highest BCUT2D eigenvalue weighted by atomic mass is 79.9. The Morgan fingerprint density at radius 3 is 2.52 bits per heavy atom. The Bertz CT molecular complexity index is 660. The normalized spacial score (nSPS) is 10.5. The molecule has 21 heavy (non-hydrogen) atoms. The van der Waals surface area contributed by atoms with E-state index >= 15 is 0 Å². The second-order valence-electron chi connectivity index (χ2n) is 4.77. The van der Waals surface area contributed by atoms with Crippen molar-refractivity contribution in [3.8, 4) is 0 Å². The molecule has 0 atom stereocenters. The van der Waals surface area contributed by atoms with E-state index in [1.54, 1.807) is 24.1 Å². The molecule has 0 saturated heterocycles. The number of halogens is 3. The van der Waals surface area contributed by atoms with Crippen LogP contribution in [0.1, 0.15) is 11.1 Å². The molecule has 5 heteroatoms. The predicted molar refractivity (Wildman–Crippen MR) is 90.8 cm³/mol. The smallest absolute Gasteiger partial charge is 0.227 e. The minimum atomic E-state index is 0.0316. The largest absolute Gasteiger partial charge is 0.341 e. The molecule has 110 valence electrons. The first-order valence-corrected chi connectivity index (χ1v) is 7.93. The standard InChI is InChI=1S/C16H14BrCl2NO/c1-20(10-12-4-2-3-5-13(12)17)16(21)9-11-6-7-14(18)15(19)8-11/h2-8H,9-10H2,1H3. The van der Waals surface area contributed by atoms with Gasteiger partial charge >= 0.3 is 0 Å². The van der Waals surface area contributed by atoms with Crippen LogP contribution < -0.4 is 0 Å². The van der Waals surface area contributed by atoms with Crippen molar-refractivity contribution in [3.63, 3.8) is 0 Å². The molecule has 0 spiro atoms. The molecule has 0 aliphatic rings. The molecule has 0 fully saturated rings. The highest BCUT2D eigenvalue weighted by Crippen LogP contribution is 2.23. The minimum absolute atomic E-state index is 0.0316. The fraction of sp³-hybridized carbons (Fsp3) is 0.188. The molecule has 2 nitrogen and oxygen atoms in total. The van der Waals surface area contributed by atoms with Crippen LogP contribution in [0.3, 0.4) is 0 Å². The van der Waals surface area contributed by atoms with E-state index in [1.807, 2.05) is 30.3 Å². The Morgan fingerprint density at radius 1 is 1.14 bits per heavy atom. The van der Waals surface area contributed by atoms with Gasteiger partial charge in [-0.25, -0.2) is 0 Å². The zero-order chi connectivity index (χ0) is 15.4. The maximum atomic E-state index is 12.3. The molecule has 0 unspecified atom stereocenters. The van der Waals surface area contributed by atoms with Crippen LogP contribution in [0.15, 0.2) is 46.9 Å². The fourth-order valence-electron chi connectivity index (χ4n) is 1.93. The molecule has 0 heterocycles. The van der Waals surface area contributed by atoms with Crippen molar-refractivity contribution >= 4 is 45.0 Å². The Kier molecular flexibility index (Phi) is 5.68. The van der Waals surface area contributed by atoms with Crippen molar-refractivity contribution in [3.05, 3.63) is 68.1 Å². The molecular formula is C16H14BrCl2NO. The number of nitrogens with zero attached hydrogens (tertiary/aromatic N) is 1. The molecule has 0 saturated carbocycles. The van der Waals surface area contributed by atoms with Gasteiger partial charge in [0, 0.05) is 18.1 Å². The third-order valence-electron chi connectivity index (χ3n) is 3.13. The highest BCUT2D eigenvalue weighted by molar-refractivity contribution is 9.10. The van der Waals surface area contributed by atoms with Gasteiger partial charge < -0.3 is 4.90 Å². The van der Waals surface area contributed by atoms with E-state index in [9.17, 15) is 4.79 Å². The second kappa shape index (κ2) is 7.30. The van der Waals surface area contributed by atoms with E-state index in [0.717, 1.165) is 15.6 Å². The van der Waals surface area contributed by atoms with Gasteiger partial charge in [-0.05, 0) is 29.3 Å². The quantitative estimate of drug-likeness (QED) is 0.727. The summed E-state index contributed by atoms with van der Waals surface area (Å²) in [6.45, 7) is 0.557. The van der Waals surface area contributed by atoms with Crippen molar-refractivity contribution in [2.24, 2.45) is 0 Å². The van der Waals surface area contributed by atoms with E-state index in [1.165, 1.54) is 0 Å². The van der Waals surface area contributed by atoms with Crippen LogP contribution >= 0.6 is 39.1 Å². The van der Waals surface area contributed by atoms with Gasteiger partial charge in [0.2, 0.25) is 5.91 Å². The minimum Gasteiger partial charge on any atom is -0.341 e. The first-order valence-electron chi connectivity index (χ1n) is 6.38. The van der Waals surface area contributed by atoms with Gasteiger partial charge in [-0.1, -0.05) is 63.4 Å². The number of carbonyl (C=O) groups excluding carboxylic acids is 1. The number of amides is 1. The molecule has 2 aromatic carbocycles. The number of hydrogen-bond acceptors (Lipinski definition) is 1. The topological polar surface area (TPSA) is 20.3 Å².